The molecule has 0 radical (unpaired) electrons. The number of ether oxygens (including phenoxy) is 1. The summed E-state index contributed by atoms with van der Waals surface area (Å²) in [4.78, 5) is 14.2. The van der Waals surface area contributed by atoms with Gasteiger partial charge in [-0.05, 0) is 31.2 Å². The van der Waals surface area contributed by atoms with Gasteiger partial charge in [-0.3, -0.25) is 9.69 Å². The smallest absolute Gasteiger partial charge is 0.251 e. The number of carbonyl (C=O) groups is 1. The van der Waals surface area contributed by atoms with Crippen LogP contribution in [0.1, 0.15) is 16.8 Å². The molecule has 0 atom stereocenters. The lowest BCUT2D eigenvalue weighted by molar-refractivity contribution is 0.0374. The number of hydrogen-bond acceptors (Lipinski definition) is 4. The first-order chi connectivity index (χ1) is 9.25. The van der Waals surface area contributed by atoms with Crippen LogP contribution >= 0.6 is 24.8 Å². The van der Waals surface area contributed by atoms with E-state index in [0.717, 1.165) is 39.3 Å². The van der Waals surface area contributed by atoms with E-state index in [-0.39, 0.29) is 30.7 Å². The average molecular weight is 336 g/mol. The molecule has 1 aromatic carbocycles. The maximum atomic E-state index is 11.8. The van der Waals surface area contributed by atoms with Crippen molar-refractivity contribution in [2.24, 2.45) is 0 Å². The summed E-state index contributed by atoms with van der Waals surface area (Å²) >= 11 is 0. The van der Waals surface area contributed by atoms with Gasteiger partial charge in [0.2, 0.25) is 0 Å². The molecule has 1 saturated heterocycles. The van der Waals surface area contributed by atoms with Crippen molar-refractivity contribution in [1.29, 1.82) is 0 Å². The number of halogens is 2. The lowest BCUT2D eigenvalue weighted by atomic mass is 10.2. The number of nitrogens with two attached hydrogens (primary N) is 1. The van der Waals surface area contributed by atoms with E-state index in [1.165, 1.54) is 0 Å². The number of rotatable bonds is 5. The summed E-state index contributed by atoms with van der Waals surface area (Å²) in [5.74, 6) is -0.0609. The minimum atomic E-state index is -0.0609. The highest BCUT2D eigenvalue weighted by atomic mass is 35.5. The van der Waals surface area contributed by atoms with E-state index < -0.39 is 0 Å². The molecule has 0 saturated carbocycles. The number of benzene rings is 1. The van der Waals surface area contributed by atoms with Crippen molar-refractivity contribution < 1.29 is 9.53 Å². The molecule has 0 unspecified atom stereocenters. The second kappa shape index (κ2) is 10.7. The van der Waals surface area contributed by atoms with Crippen molar-refractivity contribution in [2.45, 2.75) is 6.42 Å². The highest BCUT2D eigenvalue weighted by Crippen LogP contribution is 2.06. The minimum Gasteiger partial charge on any atom is -0.399 e. The maximum absolute atomic E-state index is 11.8. The van der Waals surface area contributed by atoms with E-state index in [1.807, 2.05) is 0 Å². The van der Waals surface area contributed by atoms with Crippen molar-refractivity contribution in [1.82, 2.24) is 10.2 Å². The van der Waals surface area contributed by atoms with Crippen LogP contribution in [0, 0.1) is 0 Å². The Kier molecular flexibility index (Phi) is 10.2. The van der Waals surface area contributed by atoms with Crippen molar-refractivity contribution in [2.75, 3.05) is 45.1 Å². The van der Waals surface area contributed by atoms with Gasteiger partial charge in [-0.25, -0.2) is 0 Å². The first kappa shape index (κ1) is 20.0. The molecule has 0 spiro atoms. The van der Waals surface area contributed by atoms with Crippen molar-refractivity contribution in [3.63, 3.8) is 0 Å². The van der Waals surface area contributed by atoms with E-state index >= 15 is 0 Å². The number of carbonyl (C=O) groups excluding carboxylic acids is 1. The van der Waals surface area contributed by atoms with Crippen molar-refractivity contribution >= 4 is 36.4 Å². The molecule has 0 bridgehead atoms. The monoisotopic (exact) mass is 335 g/mol. The van der Waals surface area contributed by atoms with Gasteiger partial charge in [0.25, 0.3) is 5.91 Å². The first-order valence-electron chi connectivity index (χ1n) is 6.69. The van der Waals surface area contributed by atoms with Crippen LogP contribution in [0.15, 0.2) is 24.3 Å². The summed E-state index contributed by atoms with van der Waals surface area (Å²) in [5.41, 5.74) is 6.88. The number of nitrogens with one attached hydrogen (secondary N) is 1. The molecule has 5 nitrogen and oxygen atoms in total. The van der Waals surface area contributed by atoms with Crippen LogP contribution < -0.4 is 11.1 Å². The lowest BCUT2D eigenvalue weighted by Crippen LogP contribution is -2.38. The Balaban J connectivity index is 0.00000200. The van der Waals surface area contributed by atoms with Gasteiger partial charge in [0, 0.05) is 30.9 Å². The molecule has 1 fully saturated rings. The fourth-order valence-electron chi connectivity index (χ4n) is 2.11. The molecular weight excluding hydrogens is 313 g/mol. The summed E-state index contributed by atoms with van der Waals surface area (Å²) in [5, 5.41) is 2.91. The van der Waals surface area contributed by atoms with Crippen molar-refractivity contribution in [3.8, 4) is 0 Å². The Morgan fingerprint density at radius 1 is 1.29 bits per heavy atom. The Labute approximate surface area is 138 Å². The molecule has 1 aliphatic rings. The molecule has 0 aliphatic carbocycles. The molecule has 3 N–H and O–H groups in total. The van der Waals surface area contributed by atoms with Crippen LogP contribution in [0.3, 0.4) is 0 Å². The first-order valence-corrected chi connectivity index (χ1v) is 6.69. The van der Waals surface area contributed by atoms with Gasteiger partial charge in [-0.1, -0.05) is 6.07 Å². The molecule has 21 heavy (non-hydrogen) atoms. The molecule has 0 aromatic heterocycles. The van der Waals surface area contributed by atoms with Crippen LogP contribution in [0.4, 0.5) is 5.69 Å². The molecular formula is C14H23Cl2N3O2. The van der Waals surface area contributed by atoms with E-state index in [1.54, 1.807) is 24.3 Å². The number of nitrogens with zero attached hydrogens (tertiary/aromatic N) is 1. The number of nitrogen functional groups attached to an aromatic ring is 1. The van der Waals surface area contributed by atoms with Crippen LogP contribution in [0.25, 0.3) is 0 Å². The van der Waals surface area contributed by atoms with E-state index in [0.29, 0.717) is 17.8 Å². The summed E-state index contributed by atoms with van der Waals surface area (Å²) in [7, 11) is 0. The van der Waals surface area contributed by atoms with Crippen molar-refractivity contribution in [3.05, 3.63) is 29.8 Å². The summed E-state index contributed by atoms with van der Waals surface area (Å²) in [6.45, 7) is 5.29. The fraction of sp³-hybridized carbons (Fsp3) is 0.500. The third kappa shape index (κ3) is 7.00. The number of anilines is 1. The highest BCUT2D eigenvalue weighted by Gasteiger charge is 2.10. The van der Waals surface area contributed by atoms with Gasteiger partial charge in [0.15, 0.2) is 0 Å². The lowest BCUT2D eigenvalue weighted by Gasteiger charge is -2.26. The molecule has 1 aromatic rings. The molecule has 1 aliphatic heterocycles. The van der Waals surface area contributed by atoms with Crippen LogP contribution in [0.5, 0.6) is 0 Å². The number of hydrogen-bond donors (Lipinski definition) is 2. The van der Waals surface area contributed by atoms with Crippen LogP contribution in [0.2, 0.25) is 0 Å². The zero-order valence-electron chi connectivity index (χ0n) is 11.9. The standard InChI is InChI=1S/C14H21N3O2.2ClH/c15-13-4-1-3-12(11-13)14(18)16-5-2-6-17-7-9-19-10-8-17;;/h1,3-4,11H,2,5-10,15H2,(H,16,18);2*1H. The van der Waals surface area contributed by atoms with Gasteiger partial charge in [-0.2, -0.15) is 0 Å². The quantitative estimate of drug-likeness (QED) is 0.633. The van der Waals surface area contributed by atoms with E-state index in [4.69, 9.17) is 10.5 Å². The maximum Gasteiger partial charge on any atom is 0.251 e. The number of morpholine rings is 1. The summed E-state index contributed by atoms with van der Waals surface area (Å²) < 4.78 is 5.29. The van der Waals surface area contributed by atoms with Gasteiger partial charge in [0.1, 0.15) is 0 Å². The zero-order valence-corrected chi connectivity index (χ0v) is 13.5. The molecule has 2 rings (SSSR count). The average Bonchev–Trinajstić information content (AvgIpc) is 2.44. The summed E-state index contributed by atoms with van der Waals surface area (Å²) in [6.07, 6.45) is 0.952. The Bertz CT molecular complexity index is 426. The van der Waals surface area contributed by atoms with E-state index in [2.05, 4.69) is 10.2 Å². The van der Waals surface area contributed by atoms with Gasteiger partial charge in [0.05, 0.1) is 13.2 Å². The highest BCUT2D eigenvalue weighted by molar-refractivity contribution is 5.94. The Hall–Kier alpha value is -1.01. The fourth-order valence-corrected chi connectivity index (χ4v) is 2.11. The number of amides is 1. The third-order valence-corrected chi connectivity index (χ3v) is 3.19. The normalized spacial score (nSPS) is 14.7. The largest absolute Gasteiger partial charge is 0.399 e. The summed E-state index contributed by atoms with van der Waals surface area (Å²) in [6, 6.07) is 7.03. The molecule has 7 heteroatoms. The van der Waals surface area contributed by atoms with E-state index in [9.17, 15) is 4.79 Å². The minimum absolute atomic E-state index is 0. The van der Waals surface area contributed by atoms with Crippen LogP contribution in [-0.2, 0) is 4.74 Å². The van der Waals surface area contributed by atoms with Gasteiger partial charge in [-0.15, -0.1) is 24.8 Å². The predicted octanol–water partition coefficient (Wildman–Crippen LogP) is 1.56. The Morgan fingerprint density at radius 2 is 2.00 bits per heavy atom. The van der Waals surface area contributed by atoms with Gasteiger partial charge >= 0.3 is 0 Å². The predicted molar refractivity (Wildman–Crippen MR) is 89.6 cm³/mol. The zero-order chi connectivity index (χ0) is 13.5. The van der Waals surface area contributed by atoms with Gasteiger partial charge < -0.3 is 15.8 Å². The molecule has 1 heterocycles. The molecule has 120 valence electrons. The molecule has 1 amide bonds. The third-order valence-electron chi connectivity index (χ3n) is 3.19. The SMILES string of the molecule is Cl.Cl.Nc1cccc(C(=O)NCCCN2CCOCC2)c1. The topological polar surface area (TPSA) is 67.6 Å². The Morgan fingerprint density at radius 3 is 2.67 bits per heavy atom. The second-order valence-corrected chi connectivity index (χ2v) is 4.69. The van der Waals surface area contributed by atoms with Crippen LogP contribution in [-0.4, -0.2) is 50.2 Å². The second-order valence-electron chi connectivity index (χ2n) is 4.69.